The van der Waals surface area contributed by atoms with Crippen molar-refractivity contribution in [3.8, 4) is 0 Å². The number of rotatable bonds is 5. The maximum atomic E-state index is 8.98. The Labute approximate surface area is 94.3 Å². The summed E-state index contributed by atoms with van der Waals surface area (Å²) < 4.78 is 0. The average Bonchev–Trinajstić information content (AvgIpc) is 2.67. The standard InChI is InChI=1S/C8H16BN3O2S/c1-10(7-8-5-4-6-15-8)12(3)11(2)9(13)14/h4-6,13-14H,7H2,1-3H3. The SMILES string of the molecule is CN(Cc1cccs1)N(C)N(C)B(O)O. The van der Waals surface area contributed by atoms with Gasteiger partial charge in [0.1, 0.15) is 0 Å². The van der Waals surface area contributed by atoms with Crippen molar-refractivity contribution in [3.05, 3.63) is 22.4 Å². The number of nitrogens with zero attached hydrogens (tertiary/aromatic N) is 3. The Bertz CT molecular complexity index is 283. The molecule has 0 saturated carbocycles. The maximum absolute atomic E-state index is 8.98. The third kappa shape index (κ3) is 3.56. The molecule has 0 aliphatic rings. The van der Waals surface area contributed by atoms with Crippen molar-refractivity contribution in [2.24, 2.45) is 0 Å². The second kappa shape index (κ2) is 5.59. The molecule has 0 radical (unpaired) electrons. The monoisotopic (exact) mass is 229 g/mol. The molecular formula is C8H16BN3O2S. The van der Waals surface area contributed by atoms with Crippen LogP contribution in [-0.2, 0) is 6.54 Å². The normalized spacial score (nSPS) is 11.7. The molecule has 0 bridgehead atoms. The fourth-order valence-electron chi connectivity index (χ4n) is 1.12. The Morgan fingerprint density at radius 3 is 2.47 bits per heavy atom. The predicted octanol–water partition coefficient (Wildman–Crippen LogP) is -0.157. The molecule has 0 aliphatic carbocycles. The summed E-state index contributed by atoms with van der Waals surface area (Å²) in [5.74, 6) is 0. The minimum absolute atomic E-state index is 0.741. The first-order valence-electron chi connectivity index (χ1n) is 4.58. The van der Waals surface area contributed by atoms with Gasteiger partial charge >= 0.3 is 7.25 Å². The molecular weight excluding hydrogens is 213 g/mol. The fraction of sp³-hybridized carbons (Fsp3) is 0.500. The molecule has 0 fully saturated rings. The zero-order valence-electron chi connectivity index (χ0n) is 9.16. The first-order chi connectivity index (χ1) is 7.02. The molecule has 0 aromatic carbocycles. The number of hydrazine groups is 2. The first kappa shape index (κ1) is 12.6. The average molecular weight is 229 g/mol. The molecule has 1 aromatic rings. The molecule has 0 amide bonds. The van der Waals surface area contributed by atoms with Crippen LogP contribution in [0.2, 0.25) is 0 Å². The quantitative estimate of drug-likeness (QED) is 0.543. The van der Waals surface area contributed by atoms with Crippen LogP contribution in [0.5, 0.6) is 0 Å². The second-order valence-corrected chi connectivity index (χ2v) is 4.34. The van der Waals surface area contributed by atoms with Gasteiger partial charge in [-0.3, -0.25) is 0 Å². The van der Waals surface area contributed by atoms with Crippen LogP contribution in [-0.4, -0.2) is 53.5 Å². The zero-order chi connectivity index (χ0) is 11.4. The molecule has 5 nitrogen and oxygen atoms in total. The Morgan fingerprint density at radius 1 is 1.33 bits per heavy atom. The van der Waals surface area contributed by atoms with E-state index in [1.807, 2.05) is 29.6 Å². The Balaban J connectivity index is 2.49. The maximum Gasteiger partial charge on any atom is 0.567 e. The second-order valence-electron chi connectivity index (χ2n) is 3.30. The van der Waals surface area contributed by atoms with Crippen molar-refractivity contribution in [2.45, 2.75) is 6.54 Å². The summed E-state index contributed by atoms with van der Waals surface area (Å²) >= 11 is 1.68. The minimum Gasteiger partial charge on any atom is -0.412 e. The summed E-state index contributed by atoms with van der Waals surface area (Å²) in [7, 11) is 3.78. The smallest absolute Gasteiger partial charge is 0.412 e. The molecule has 1 heterocycles. The highest BCUT2D eigenvalue weighted by atomic mass is 32.1. The Morgan fingerprint density at radius 2 is 2.00 bits per heavy atom. The van der Waals surface area contributed by atoms with Crippen molar-refractivity contribution < 1.29 is 10.0 Å². The molecule has 0 spiro atoms. The lowest BCUT2D eigenvalue weighted by atomic mass is 10.1. The molecule has 1 aromatic heterocycles. The molecule has 0 unspecified atom stereocenters. The highest BCUT2D eigenvalue weighted by molar-refractivity contribution is 7.09. The van der Waals surface area contributed by atoms with E-state index in [0.29, 0.717) is 0 Å². The van der Waals surface area contributed by atoms with Crippen molar-refractivity contribution in [1.29, 1.82) is 0 Å². The van der Waals surface area contributed by atoms with Gasteiger partial charge in [0.15, 0.2) is 0 Å². The van der Waals surface area contributed by atoms with Gasteiger partial charge in [0.2, 0.25) is 0 Å². The highest BCUT2D eigenvalue weighted by Crippen LogP contribution is 2.12. The van der Waals surface area contributed by atoms with Gasteiger partial charge in [-0.1, -0.05) is 6.07 Å². The fourth-order valence-corrected chi connectivity index (χ4v) is 1.87. The van der Waals surface area contributed by atoms with Crippen LogP contribution in [0.3, 0.4) is 0 Å². The molecule has 84 valence electrons. The lowest BCUT2D eigenvalue weighted by Gasteiger charge is -2.34. The van der Waals surface area contributed by atoms with Crippen LogP contribution < -0.4 is 0 Å². The summed E-state index contributed by atoms with van der Waals surface area (Å²) in [6.07, 6.45) is 0. The molecule has 0 atom stereocenters. The highest BCUT2D eigenvalue weighted by Gasteiger charge is 2.22. The third-order valence-corrected chi connectivity index (χ3v) is 3.11. The number of thiophene rings is 1. The van der Waals surface area contributed by atoms with Gasteiger partial charge in [-0.05, 0) is 18.5 Å². The van der Waals surface area contributed by atoms with E-state index >= 15 is 0 Å². The van der Waals surface area contributed by atoms with Gasteiger partial charge in [0.25, 0.3) is 0 Å². The van der Waals surface area contributed by atoms with Gasteiger partial charge in [-0.2, -0.15) is 5.12 Å². The Hall–Kier alpha value is -0.435. The van der Waals surface area contributed by atoms with E-state index in [1.54, 1.807) is 30.6 Å². The number of hydrogen-bond acceptors (Lipinski definition) is 6. The van der Waals surface area contributed by atoms with E-state index < -0.39 is 7.25 Å². The van der Waals surface area contributed by atoms with Crippen molar-refractivity contribution in [1.82, 2.24) is 15.0 Å². The summed E-state index contributed by atoms with van der Waals surface area (Å²) in [4.78, 5) is 2.55. The van der Waals surface area contributed by atoms with Gasteiger partial charge in [0.05, 0.1) is 0 Å². The van der Waals surface area contributed by atoms with E-state index in [4.69, 9.17) is 10.0 Å². The number of hydrogen-bond donors (Lipinski definition) is 2. The van der Waals surface area contributed by atoms with Crippen LogP contribution in [0.15, 0.2) is 17.5 Å². The van der Waals surface area contributed by atoms with E-state index in [9.17, 15) is 0 Å². The van der Waals surface area contributed by atoms with Crippen molar-refractivity contribution in [3.63, 3.8) is 0 Å². The van der Waals surface area contributed by atoms with Crippen LogP contribution in [0, 0.1) is 0 Å². The van der Waals surface area contributed by atoms with Gasteiger partial charge < -0.3 is 10.0 Å². The molecule has 1 rings (SSSR count). The van der Waals surface area contributed by atoms with Crippen LogP contribution in [0.4, 0.5) is 0 Å². The molecule has 0 saturated heterocycles. The first-order valence-corrected chi connectivity index (χ1v) is 5.46. The zero-order valence-corrected chi connectivity index (χ0v) is 9.98. The van der Waals surface area contributed by atoms with E-state index in [2.05, 4.69) is 0 Å². The van der Waals surface area contributed by atoms with E-state index in [0.717, 1.165) is 6.54 Å². The summed E-state index contributed by atoms with van der Waals surface area (Å²) in [6.45, 7) is 0.741. The largest absolute Gasteiger partial charge is 0.567 e. The van der Waals surface area contributed by atoms with Crippen LogP contribution in [0.25, 0.3) is 0 Å². The molecule has 15 heavy (non-hydrogen) atoms. The van der Waals surface area contributed by atoms with E-state index in [1.165, 1.54) is 9.80 Å². The molecule has 7 heteroatoms. The molecule has 2 N–H and O–H groups in total. The van der Waals surface area contributed by atoms with Gasteiger partial charge in [0, 0.05) is 25.5 Å². The van der Waals surface area contributed by atoms with Crippen molar-refractivity contribution >= 4 is 18.6 Å². The van der Waals surface area contributed by atoms with E-state index in [-0.39, 0.29) is 0 Å². The predicted molar refractivity (Wildman–Crippen MR) is 61.5 cm³/mol. The van der Waals surface area contributed by atoms with Crippen molar-refractivity contribution in [2.75, 3.05) is 21.1 Å². The summed E-state index contributed by atoms with van der Waals surface area (Å²) in [5.41, 5.74) is 0. The topological polar surface area (TPSA) is 50.2 Å². The summed E-state index contributed by atoms with van der Waals surface area (Å²) in [5, 5.41) is 23.5. The van der Waals surface area contributed by atoms with Crippen LogP contribution >= 0.6 is 11.3 Å². The lowest BCUT2D eigenvalue weighted by molar-refractivity contribution is -0.113. The lowest BCUT2D eigenvalue weighted by Crippen LogP contribution is -2.53. The minimum atomic E-state index is -1.49. The Kier molecular flexibility index (Phi) is 4.71. The summed E-state index contributed by atoms with van der Waals surface area (Å²) in [6, 6.07) is 4.04. The van der Waals surface area contributed by atoms with Gasteiger partial charge in [-0.15, -0.1) is 11.3 Å². The molecule has 0 aliphatic heterocycles. The van der Waals surface area contributed by atoms with Crippen LogP contribution in [0.1, 0.15) is 4.88 Å². The van der Waals surface area contributed by atoms with Gasteiger partial charge in [-0.25, -0.2) is 9.93 Å². The third-order valence-electron chi connectivity index (χ3n) is 2.25.